The van der Waals surface area contributed by atoms with Crippen molar-refractivity contribution in [3.05, 3.63) is 59.0 Å². The summed E-state index contributed by atoms with van der Waals surface area (Å²) in [6.45, 7) is 10.8. The molecule has 4 saturated carbocycles. The Bertz CT molecular complexity index is 1840. The van der Waals surface area contributed by atoms with Crippen LogP contribution in [-0.4, -0.2) is 92.3 Å². The highest BCUT2D eigenvalue weighted by Gasteiger charge is 2.45. The third-order valence-electron chi connectivity index (χ3n) is 12.8. The largest absolute Gasteiger partial charge is 0.378 e. The van der Waals surface area contributed by atoms with Gasteiger partial charge in [-0.05, 0) is 114 Å². The molecule has 8 rings (SSSR count). The molecule has 14 nitrogen and oxygen atoms in total. The van der Waals surface area contributed by atoms with Crippen LogP contribution in [0.5, 0.6) is 0 Å². The number of aromatic nitrogens is 6. The van der Waals surface area contributed by atoms with Crippen LogP contribution in [0.1, 0.15) is 135 Å². The molecule has 2 amide bonds. The maximum atomic E-state index is 13.1. The molecule has 4 fully saturated rings. The van der Waals surface area contributed by atoms with Gasteiger partial charge in [0.15, 0.2) is 22.7 Å². The van der Waals surface area contributed by atoms with Crippen molar-refractivity contribution in [2.75, 3.05) is 27.4 Å². The van der Waals surface area contributed by atoms with Crippen molar-refractivity contribution in [1.29, 1.82) is 0 Å². The number of amides is 2. The summed E-state index contributed by atoms with van der Waals surface area (Å²) in [5, 5.41) is 6.59. The number of rotatable bonds is 16. The first-order valence-electron chi connectivity index (χ1n) is 21.7. The zero-order valence-corrected chi connectivity index (χ0v) is 35.4. The number of carbonyl (C=O) groups excluding carboxylic acids is 2. The van der Waals surface area contributed by atoms with Gasteiger partial charge in [0.1, 0.15) is 12.7 Å². The van der Waals surface area contributed by atoms with Gasteiger partial charge in [0.25, 0.3) is 11.8 Å². The van der Waals surface area contributed by atoms with E-state index in [1.165, 1.54) is 25.7 Å². The summed E-state index contributed by atoms with van der Waals surface area (Å²) >= 11 is 0. The van der Waals surface area contributed by atoms with Gasteiger partial charge in [-0.3, -0.25) is 18.4 Å². The van der Waals surface area contributed by atoms with E-state index in [4.69, 9.17) is 18.9 Å². The Morgan fingerprint density at radius 2 is 1.03 bits per heavy atom. The van der Waals surface area contributed by atoms with Gasteiger partial charge >= 0.3 is 0 Å². The number of methoxy groups -OCH3 is 2. The van der Waals surface area contributed by atoms with Crippen molar-refractivity contribution in [2.45, 2.75) is 142 Å². The highest BCUT2D eigenvalue weighted by Crippen LogP contribution is 2.44. The second-order valence-corrected chi connectivity index (χ2v) is 17.0. The molecule has 0 saturated heterocycles. The highest BCUT2D eigenvalue weighted by molar-refractivity contribution is 5.98. The average Bonchev–Trinajstić information content (AvgIpc) is 3.93. The lowest BCUT2D eigenvalue weighted by Crippen LogP contribution is -2.46. The van der Waals surface area contributed by atoms with Crippen LogP contribution in [0.3, 0.4) is 0 Å². The lowest BCUT2D eigenvalue weighted by molar-refractivity contribution is -0.00127. The van der Waals surface area contributed by atoms with Crippen molar-refractivity contribution in [2.24, 2.45) is 23.7 Å². The minimum Gasteiger partial charge on any atom is -0.378 e. The van der Waals surface area contributed by atoms with Crippen LogP contribution in [0, 0.1) is 37.5 Å². The van der Waals surface area contributed by atoms with E-state index in [0.717, 1.165) is 87.4 Å². The van der Waals surface area contributed by atoms with Gasteiger partial charge in [0.2, 0.25) is 0 Å². The Hall–Kier alpha value is -3.98. The summed E-state index contributed by atoms with van der Waals surface area (Å²) < 4.78 is 26.4. The van der Waals surface area contributed by atoms with Crippen LogP contribution in [0.4, 0.5) is 0 Å². The summed E-state index contributed by atoms with van der Waals surface area (Å²) in [5.74, 6) is 1.74. The van der Waals surface area contributed by atoms with E-state index < -0.39 is 0 Å². The molecule has 4 unspecified atom stereocenters. The molecule has 4 aliphatic rings. The van der Waals surface area contributed by atoms with E-state index in [0.29, 0.717) is 71.8 Å². The zero-order valence-electron chi connectivity index (χ0n) is 35.4. The van der Waals surface area contributed by atoms with Crippen LogP contribution in [0.2, 0.25) is 0 Å². The molecule has 4 aromatic rings. The van der Waals surface area contributed by atoms with E-state index in [1.807, 2.05) is 34.8 Å². The molecule has 0 aromatic carbocycles. The fraction of sp³-hybridized carbons (Fsp3) is 0.682. The van der Waals surface area contributed by atoms with Crippen LogP contribution in [0.25, 0.3) is 11.3 Å². The van der Waals surface area contributed by atoms with Gasteiger partial charge in [-0.1, -0.05) is 26.7 Å². The topological polar surface area (TPSA) is 156 Å². The van der Waals surface area contributed by atoms with E-state index in [9.17, 15) is 9.59 Å². The molecule has 4 aliphatic carbocycles. The number of imidazole rings is 2. The third kappa shape index (κ3) is 9.40. The molecule has 0 radical (unpaired) electrons. The second kappa shape index (κ2) is 19.4. The first kappa shape index (κ1) is 42.2. The smallest absolute Gasteiger partial charge is 0.274 e. The molecule has 316 valence electrons. The summed E-state index contributed by atoms with van der Waals surface area (Å²) in [6.07, 6.45) is 17.5. The van der Waals surface area contributed by atoms with Gasteiger partial charge in [0.05, 0.1) is 36.8 Å². The Morgan fingerprint density at radius 3 is 1.38 bits per heavy atom. The predicted octanol–water partition coefficient (Wildman–Crippen LogP) is 6.58. The second-order valence-electron chi connectivity index (χ2n) is 17.0. The van der Waals surface area contributed by atoms with Crippen molar-refractivity contribution in [1.82, 2.24) is 39.4 Å². The number of nitrogens with one attached hydrogen (secondary N) is 2. The van der Waals surface area contributed by atoms with Crippen LogP contribution in [-0.2, 0) is 32.2 Å². The number of ether oxygens (including phenoxy) is 4. The molecular weight excluding hydrogens is 737 g/mol. The molecule has 14 heteroatoms. The normalized spacial score (nSPS) is 26.2. The van der Waals surface area contributed by atoms with Gasteiger partial charge in [-0.15, -0.1) is 0 Å². The molecule has 4 bridgehead atoms. The standard InChI is InChI=1S/2C22H32N4O3/c2*1-4-5-8-29-18-10-15-6-7-16(11-18)19(15)25-22(27)20-21-24-14(2)9-17(12-28-3)26(21)13-23-20/h2*9,13,15-16,18-19H,4-8,10-12H2,1-3H3,(H,25,27)/t2*15-,16+,18?,19?. The molecule has 4 aromatic heterocycles. The molecule has 4 heterocycles. The maximum absolute atomic E-state index is 13.1. The summed E-state index contributed by atoms with van der Waals surface area (Å²) in [7, 11) is 3.31. The van der Waals surface area contributed by atoms with E-state index in [2.05, 4.69) is 44.4 Å². The molecule has 0 aliphatic heterocycles. The SMILES string of the molecule is CCCCOC1C[C@H]2CC[C@@H](C1)C2NC(=O)c1ncn2c(COC)cc(C)nc12.CCCCOC1C[C@H]2CC[C@@H](C1)C2NC(=O)c1ncn2c(COC)cc(C)nc12. The fourth-order valence-electron chi connectivity index (χ4n) is 10.1. The molecule has 2 N–H and O–H groups in total. The Kier molecular flexibility index (Phi) is 14.1. The number of aryl methyl sites for hydroxylation is 2. The predicted molar refractivity (Wildman–Crippen MR) is 220 cm³/mol. The first-order chi connectivity index (χ1) is 28.2. The Morgan fingerprint density at radius 1 is 0.655 bits per heavy atom. The summed E-state index contributed by atoms with van der Waals surface area (Å²) in [4.78, 5) is 44.1. The van der Waals surface area contributed by atoms with Crippen molar-refractivity contribution in [3.63, 3.8) is 0 Å². The van der Waals surface area contributed by atoms with Crippen LogP contribution < -0.4 is 10.6 Å². The first-order valence-corrected chi connectivity index (χ1v) is 21.7. The summed E-state index contributed by atoms with van der Waals surface area (Å²) in [5.41, 5.74) is 5.56. The number of fused-ring (bicyclic) bond motifs is 6. The number of unbranched alkanes of at least 4 members (excludes halogenated alkanes) is 2. The summed E-state index contributed by atoms with van der Waals surface area (Å²) in [6, 6.07) is 4.35. The minimum absolute atomic E-state index is 0.124. The van der Waals surface area contributed by atoms with E-state index >= 15 is 0 Å². The van der Waals surface area contributed by atoms with E-state index in [1.54, 1.807) is 26.9 Å². The highest BCUT2D eigenvalue weighted by atomic mass is 16.5. The molecule has 0 spiro atoms. The molecular formula is C44H64N8O6. The number of hydrogen-bond acceptors (Lipinski definition) is 10. The lowest BCUT2D eigenvalue weighted by atomic mass is 9.82. The van der Waals surface area contributed by atoms with Gasteiger partial charge in [0, 0.05) is 50.9 Å². The van der Waals surface area contributed by atoms with Gasteiger partial charge in [-0.25, -0.2) is 19.9 Å². The Balaban J connectivity index is 0.000000177. The third-order valence-corrected chi connectivity index (χ3v) is 12.8. The molecule has 8 atom stereocenters. The van der Waals surface area contributed by atoms with Crippen molar-refractivity contribution in [3.8, 4) is 0 Å². The maximum Gasteiger partial charge on any atom is 0.274 e. The number of nitrogens with zero attached hydrogens (tertiary/aromatic N) is 6. The quantitative estimate of drug-likeness (QED) is 0.119. The zero-order chi connectivity index (χ0) is 40.8. The lowest BCUT2D eigenvalue weighted by Gasteiger charge is -2.35. The van der Waals surface area contributed by atoms with Gasteiger partial charge in [-0.2, -0.15) is 0 Å². The number of hydrogen-bond donors (Lipinski definition) is 2. The molecule has 58 heavy (non-hydrogen) atoms. The van der Waals surface area contributed by atoms with E-state index in [-0.39, 0.29) is 23.9 Å². The number of carbonyl (C=O) groups is 2. The van der Waals surface area contributed by atoms with Crippen molar-refractivity contribution < 1.29 is 28.5 Å². The minimum atomic E-state index is -0.124. The average molecular weight is 801 g/mol. The van der Waals surface area contributed by atoms with Gasteiger partial charge < -0.3 is 29.6 Å². The fourth-order valence-corrected chi connectivity index (χ4v) is 10.1. The Labute approximate surface area is 342 Å². The van der Waals surface area contributed by atoms with Crippen LogP contribution in [0.15, 0.2) is 24.8 Å². The monoisotopic (exact) mass is 800 g/mol. The van der Waals surface area contributed by atoms with Crippen LogP contribution >= 0.6 is 0 Å². The van der Waals surface area contributed by atoms with Crippen molar-refractivity contribution >= 4 is 23.1 Å².